The summed E-state index contributed by atoms with van der Waals surface area (Å²) < 4.78 is 11.0. The van der Waals surface area contributed by atoms with Gasteiger partial charge in [0.1, 0.15) is 30.2 Å². The molecule has 0 unspecified atom stereocenters. The molecule has 0 aliphatic carbocycles. The summed E-state index contributed by atoms with van der Waals surface area (Å²) in [6, 6.07) is 10.7. The van der Waals surface area contributed by atoms with Crippen molar-refractivity contribution in [2.45, 2.75) is 30.7 Å². The van der Waals surface area contributed by atoms with Gasteiger partial charge in [0.25, 0.3) is 0 Å². The van der Waals surface area contributed by atoms with Crippen LogP contribution in [0, 0.1) is 0 Å². The maximum atomic E-state index is 10.1. The van der Waals surface area contributed by atoms with Crippen LogP contribution in [-0.2, 0) is 4.74 Å². The van der Waals surface area contributed by atoms with Crippen LogP contribution in [0.3, 0.4) is 0 Å². The topological polar surface area (TPSA) is 138 Å². The summed E-state index contributed by atoms with van der Waals surface area (Å²) in [5.41, 5.74) is 2.48. The van der Waals surface area contributed by atoms with Crippen LogP contribution in [0.5, 0.6) is 5.75 Å². The molecule has 0 spiro atoms. The average Bonchev–Trinajstić information content (AvgIpc) is 3.28. The fourth-order valence-electron chi connectivity index (χ4n) is 3.04. The Morgan fingerprint density at radius 2 is 1.90 bits per heavy atom. The molecule has 0 bridgehead atoms. The minimum Gasteiger partial charge on any atom is -0.462 e. The molecule has 1 fully saturated rings. The van der Waals surface area contributed by atoms with E-state index in [1.54, 1.807) is 42.9 Å². The van der Waals surface area contributed by atoms with Gasteiger partial charge in [0.05, 0.1) is 12.3 Å². The van der Waals surface area contributed by atoms with E-state index in [1.165, 1.54) is 11.3 Å². The molecule has 10 heteroatoms. The Bertz CT molecular complexity index is 1010. The standard InChI is InChI=1S/C21H21N3O6S/c25-10-16-17(26)18(27)19(28)20(30-16)29-14-5-3-13(4-6-14)15-11-31-21(24-15)23-9-12-2-1-7-22-8-12/h1-9,11,16-20,25-28H,10H2/b23-9+/t16-,17-,18+,19-,20-/m1/s1. The molecule has 5 atom stereocenters. The number of aliphatic imine (C=N–C) groups is 1. The first-order valence-electron chi connectivity index (χ1n) is 9.52. The summed E-state index contributed by atoms with van der Waals surface area (Å²) in [5, 5.41) is 41.6. The Labute approximate surface area is 181 Å². The molecule has 3 aromatic rings. The van der Waals surface area contributed by atoms with E-state index < -0.39 is 37.3 Å². The van der Waals surface area contributed by atoms with Gasteiger partial charge in [0.15, 0.2) is 0 Å². The number of hydrogen-bond donors (Lipinski definition) is 4. The SMILES string of the molecule is OC[C@H]1O[C@@H](Oc2ccc(-c3csc(/N=C/c4cccnc4)n3)cc2)[C@H](O)[C@@H](O)[C@@H]1O. The number of benzene rings is 1. The van der Waals surface area contributed by atoms with Gasteiger partial charge in [0.2, 0.25) is 11.4 Å². The lowest BCUT2D eigenvalue weighted by Gasteiger charge is -2.39. The zero-order chi connectivity index (χ0) is 21.8. The number of thiazole rings is 1. The van der Waals surface area contributed by atoms with Crippen molar-refractivity contribution in [2.24, 2.45) is 4.99 Å². The van der Waals surface area contributed by atoms with E-state index in [0.717, 1.165) is 16.8 Å². The summed E-state index contributed by atoms with van der Waals surface area (Å²) in [7, 11) is 0. The molecule has 0 saturated carbocycles. The monoisotopic (exact) mass is 443 g/mol. The minimum absolute atomic E-state index is 0.387. The Kier molecular flexibility index (Phi) is 6.66. The Hall–Kier alpha value is -2.73. The largest absolute Gasteiger partial charge is 0.462 e. The Balaban J connectivity index is 1.42. The third-order valence-corrected chi connectivity index (χ3v) is 5.50. The molecule has 4 rings (SSSR count). The molecule has 9 nitrogen and oxygen atoms in total. The predicted molar refractivity (Wildman–Crippen MR) is 113 cm³/mol. The van der Waals surface area contributed by atoms with Gasteiger partial charge in [-0.25, -0.2) is 9.98 Å². The molecule has 0 radical (unpaired) electrons. The van der Waals surface area contributed by atoms with Crippen molar-refractivity contribution in [1.29, 1.82) is 0 Å². The van der Waals surface area contributed by atoms with Gasteiger partial charge in [-0.1, -0.05) is 6.07 Å². The van der Waals surface area contributed by atoms with Gasteiger partial charge < -0.3 is 29.9 Å². The number of rotatable bonds is 6. The Morgan fingerprint density at radius 1 is 1.10 bits per heavy atom. The van der Waals surface area contributed by atoms with E-state index in [4.69, 9.17) is 9.47 Å². The van der Waals surface area contributed by atoms with E-state index >= 15 is 0 Å². The van der Waals surface area contributed by atoms with Crippen molar-refractivity contribution in [3.8, 4) is 17.0 Å². The summed E-state index contributed by atoms with van der Waals surface area (Å²) in [4.78, 5) is 12.9. The lowest BCUT2D eigenvalue weighted by Crippen LogP contribution is -2.60. The smallest absolute Gasteiger partial charge is 0.229 e. The lowest BCUT2D eigenvalue weighted by atomic mass is 9.99. The molecule has 4 N–H and O–H groups in total. The fraction of sp³-hybridized carbons (Fsp3) is 0.286. The molecule has 31 heavy (non-hydrogen) atoms. The van der Waals surface area contributed by atoms with Crippen molar-refractivity contribution >= 4 is 22.7 Å². The van der Waals surface area contributed by atoms with Crippen molar-refractivity contribution < 1.29 is 29.9 Å². The molecule has 3 heterocycles. The van der Waals surface area contributed by atoms with Crippen LogP contribution in [0.2, 0.25) is 0 Å². The fourth-order valence-corrected chi connectivity index (χ4v) is 3.71. The first-order chi connectivity index (χ1) is 15.0. The summed E-state index contributed by atoms with van der Waals surface area (Å²) >= 11 is 1.41. The zero-order valence-corrected chi connectivity index (χ0v) is 17.0. The average molecular weight is 443 g/mol. The van der Waals surface area contributed by atoms with Gasteiger partial charge in [-0.05, 0) is 30.3 Å². The molecule has 1 aliphatic heterocycles. The molecule has 1 aliphatic rings. The number of nitrogens with zero attached hydrogens (tertiary/aromatic N) is 3. The third kappa shape index (κ3) is 4.96. The first-order valence-corrected chi connectivity index (χ1v) is 10.4. The number of pyridine rings is 1. The van der Waals surface area contributed by atoms with Crippen LogP contribution in [0.1, 0.15) is 5.56 Å². The van der Waals surface area contributed by atoms with Gasteiger partial charge in [-0.3, -0.25) is 4.98 Å². The van der Waals surface area contributed by atoms with Crippen molar-refractivity contribution in [2.75, 3.05) is 6.61 Å². The quantitative estimate of drug-likeness (QED) is 0.416. The molecule has 0 amide bonds. The maximum Gasteiger partial charge on any atom is 0.229 e. The normalized spacial score (nSPS) is 26.3. The Morgan fingerprint density at radius 3 is 2.61 bits per heavy atom. The van der Waals surface area contributed by atoms with E-state index in [2.05, 4.69) is 15.0 Å². The second kappa shape index (κ2) is 9.60. The zero-order valence-electron chi connectivity index (χ0n) is 16.2. The van der Waals surface area contributed by atoms with Gasteiger partial charge >= 0.3 is 0 Å². The molecule has 162 valence electrons. The van der Waals surface area contributed by atoms with Gasteiger partial charge in [-0.2, -0.15) is 0 Å². The van der Waals surface area contributed by atoms with Gasteiger partial charge in [-0.15, -0.1) is 11.3 Å². The molecule has 1 saturated heterocycles. The van der Waals surface area contributed by atoms with Crippen LogP contribution < -0.4 is 4.74 Å². The van der Waals surface area contributed by atoms with E-state index in [1.807, 2.05) is 17.5 Å². The molecular weight excluding hydrogens is 422 g/mol. The number of aliphatic hydroxyl groups excluding tert-OH is 4. The predicted octanol–water partition coefficient (Wildman–Crippen LogP) is 1.13. The van der Waals surface area contributed by atoms with Crippen molar-refractivity contribution in [1.82, 2.24) is 9.97 Å². The highest BCUT2D eigenvalue weighted by Gasteiger charge is 2.44. The van der Waals surface area contributed by atoms with Crippen LogP contribution in [0.4, 0.5) is 5.13 Å². The number of ether oxygens (including phenoxy) is 2. The third-order valence-electron chi connectivity index (χ3n) is 4.75. The summed E-state index contributed by atoms with van der Waals surface area (Å²) in [6.07, 6.45) is -1.52. The summed E-state index contributed by atoms with van der Waals surface area (Å²) in [5.74, 6) is 0.387. The second-order valence-electron chi connectivity index (χ2n) is 6.90. The van der Waals surface area contributed by atoms with E-state index in [9.17, 15) is 20.4 Å². The first kappa shape index (κ1) is 21.5. The lowest BCUT2D eigenvalue weighted by molar-refractivity contribution is -0.277. The molecule has 2 aromatic heterocycles. The van der Waals surface area contributed by atoms with Crippen molar-refractivity contribution in [3.63, 3.8) is 0 Å². The molecule has 1 aromatic carbocycles. The van der Waals surface area contributed by atoms with Gasteiger partial charge in [0, 0.05) is 35.1 Å². The number of aliphatic hydroxyl groups is 4. The maximum absolute atomic E-state index is 10.1. The molecular formula is C21H21N3O6S. The van der Waals surface area contributed by atoms with Crippen LogP contribution in [0.15, 0.2) is 59.2 Å². The second-order valence-corrected chi connectivity index (χ2v) is 7.74. The van der Waals surface area contributed by atoms with Crippen LogP contribution in [-0.4, -0.2) is 73.9 Å². The van der Waals surface area contributed by atoms with E-state index in [0.29, 0.717) is 10.9 Å². The van der Waals surface area contributed by atoms with Crippen LogP contribution >= 0.6 is 11.3 Å². The van der Waals surface area contributed by atoms with Crippen LogP contribution in [0.25, 0.3) is 11.3 Å². The number of aromatic nitrogens is 2. The number of hydrogen-bond acceptors (Lipinski definition) is 10. The highest BCUT2D eigenvalue weighted by molar-refractivity contribution is 7.13. The van der Waals surface area contributed by atoms with Crippen molar-refractivity contribution in [3.05, 3.63) is 59.7 Å². The minimum atomic E-state index is -1.49. The summed E-state index contributed by atoms with van der Waals surface area (Å²) in [6.45, 7) is -0.515. The highest BCUT2D eigenvalue weighted by atomic mass is 32.1. The van der Waals surface area contributed by atoms with E-state index in [-0.39, 0.29) is 0 Å². The highest BCUT2D eigenvalue weighted by Crippen LogP contribution is 2.29.